The van der Waals surface area contributed by atoms with Gasteiger partial charge in [-0.25, -0.2) is 8.42 Å². The average Bonchev–Trinajstić information content (AvgIpc) is 2.23. The molecule has 0 aliphatic carbocycles. The van der Waals surface area contributed by atoms with Gasteiger partial charge in [-0.15, -0.1) is 0 Å². The van der Waals surface area contributed by atoms with Gasteiger partial charge in [0, 0.05) is 0 Å². The average molecular weight is 226 g/mol. The number of hydrogen-bond donors (Lipinski definition) is 0. The fourth-order valence-electron chi connectivity index (χ4n) is 0.996. The lowest BCUT2D eigenvalue weighted by Crippen LogP contribution is -2.02. The highest BCUT2D eigenvalue weighted by Gasteiger charge is 2.25. The Morgan fingerprint density at radius 1 is 1.46 bits per heavy atom. The van der Waals surface area contributed by atoms with Gasteiger partial charge in [-0.1, -0.05) is 0 Å². The highest BCUT2D eigenvalue weighted by atomic mass is 32.2. The summed E-state index contributed by atoms with van der Waals surface area (Å²) < 4.78 is 47.6. The maximum absolute atomic E-state index is 11.1. The van der Waals surface area contributed by atoms with Crippen molar-refractivity contribution in [3.05, 3.63) is 11.2 Å². The van der Waals surface area contributed by atoms with Crippen LogP contribution < -0.4 is 0 Å². The lowest BCUT2D eigenvalue weighted by Gasteiger charge is -1.97. The second-order valence-electron chi connectivity index (χ2n) is 2.81. The van der Waals surface area contributed by atoms with Gasteiger partial charge in [0.1, 0.15) is 6.26 Å². The summed E-state index contributed by atoms with van der Waals surface area (Å²) in [4.78, 5) is 0.0675. The highest BCUT2D eigenvalue weighted by Crippen LogP contribution is 2.23. The first kappa shape index (κ1) is 10.5. The molecular weight excluding hydrogens is 216 g/mol. The van der Waals surface area contributed by atoms with Crippen LogP contribution in [-0.2, 0) is 24.1 Å². The molecule has 1 saturated heterocycles. The fraction of sp³-hybridized carbons (Fsp3) is 0.667. The molecule has 0 amide bonds. The second kappa shape index (κ2) is 3.30. The Morgan fingerprint density at radius 3 is 2.46 bits per heavy atom. The molecule has 0 radical (unpaired) electrons. The summed E-state index contributed by atoms with van der Waals surface area (Å²) in [5.41, 5.74) is 0. The predicted octanol–water partition coefficient (Wildman–Crippen LogP) is 0.0126. The van der Waals surface area contributed by atoms with Gasteiger partial charge in [-0.3, -0.25) is 0 Å². The van der Waals surface area contributed by atoms with Gasteiger partial charge in [-0.2, -0.15) is 8.42 Å². The van der Waals surface area contributed by atoms with E-state index in [1.165, 1.54) is 0 Å². The lowest BCUT2D eigenvalue weighted by atomic mass is 10.3. The summed E-state index contributed by atoms with van der Waals surface area (Å²) in [5, 5.41) is 0. The van der Waals surface area contributed by atoms with Crippen LogP contribution >= 0.6 is 0 Å². The maximum atomic E-state index is 11.1. The van der Waals surface area contributed by atoms with E-state index in [0.29, 0.717) is 12.8 Å². The van der Waals surface area contributed by atoms with Crippen molar-refractivity contribution in [3.8, 4) is 0 Å². The first-order chi connectivity index (χ1) is 5.81. The molecule has 1 heterocycles. The first-order valence-corrected chi connectivity index (χ1v) is 7.08. The molecule has 0 N–H and O–H groups in total. The molecule has 7 heteroatoms. The molecule has 0 unspecified atom stereocenters. The summed E-state index contributed by atoms with van der Waals surface area (Å²) in [6, 6.07) is 0. The SMILES string of the molecule is CS(=O)(=O)O/C=C1/CCCS1(=O)=O. The first-order valence-electron chi connectivity index (χ1n) is 3.61. The number of rotatable bonds is 2. The minimum atomic E-state index is -3.60. The molecule has 1 aliphatic heterocycles. The van der Waals surface area contributed by atoms with E-state index in [4.69, 9.17) is 0 Å². The minimum absolute atomic E-state index is 0.0675. The van der Waals surface area contributed by atoms with E-state index in [-0.39, 0.29) is 10.7 Å². The second-order valence-corrected chi connectivity index (χ2v) is 6.57. The van der Waals surface area contributed by atoms with E-state index >= 15 is 0 Å². The molecule has 1 fully saturated rings. The molecule has 1 rings (SSSR count). The van der Waals surface area contributed by atoms with Gasteiger partial charge < -0.3 is 4.18 Å². The van der Waals surface area contributed by atoms with Crippen molar-refractivity contribution < 1.29 is 21.0 Å². The molecule has 0 aromatic heterocycles. The highest BCUT2D eigenvalue weighted by molar-refractivity contribution is 7.95. The van der Waals surface area contributed by atoms with Crippen molar-refractivity contribution in [2.24, 2.45) is 0 Å². The molecule has 0 aromatic carbocycles. The topological polar surface area (TPSA) is 77.5 Å². The largest absolute Gasteiger partial charge is 0.390 e. The van der Waals surface area contributed by atoms with Crippen LogP contribution in [0.5, 0.6) is 0 Å². The Kier molecular flexibility index (Phi) is 2.67. The van der Waals surface area contributed by atoms with Crippen LogP contribution in [0.2, 0.25) is 0 Å². The van der Waals surface area contributed by atoms with Crippen LogP contribution in [0.4, 0.5) is 0 Å². The van der Waals surface area contributed by atoms with E-state index < -0.39 is 20.0 Å². The molecular formula is C6H10O5S2. The molecule has 0 bridgehead atoms. The third-order valence-electron chi connectivity index (χ3n) is 1.59. The van der Waals surface area contributed by atoms with Crippen molar-refractivity contribution >= 4 is 20.0 Å². The minimum Gasteiger partial charge on any atom is -0.390 e. The molecule has 13 heavy (non-hydrogen) atoms. The predicted molar refractivity (Wildman–Crippen MR) is 47.0 cm³/mol. The standard InChI is InChI=1S/C6H10O5S2/c1-12(7,8)11-5-6-3-2-4-13(6,9)10/h5H,2-4H2,1H3/b6-5-. The summed E-state index contributed by atoms with van der Waals surface area (Å²) >= 11 is 0. The molecule has 0 saturated carbocycles. The van der Waals surface area contributed by atoms with E-state index in [2.05, 4.69) is 4.18 Å². The summed E-state index contributed by atoms with van der Waals surface area (Å²) in [6.45, 7) is 0. The van der Waals surface area contributed by atoms with E-state index in [1.54, 1.807) is 0 Å². The van der Waals surface area contributed by atoms with Crippen LogP contribution in [0, 0.1) is 0 Å². The van der Waals surface area contributed by atoms with Gasteiger partial charge in [0.15, 0.2) is 9.84 Å². The van der Waals surface area contributed by atoms with Gasteiger partial charge in [0.2, 0.25) is 0 Å². The molecule has 0 aromatic rings. The van der Waals surface area contributed by atoms with Crippen molar-refractivity contribution in [2.45, 2.75) is 12.8 Å². The molecule has 76 valence electrons. The van der Waals surface area contributed by atoms with Crippen LogP contribution in [-0.4, -0.2) is 28.8 Å². The zero-order valence-corrected chi connectivity index (χ0v) is 8.69. The third kappa shape index (κ3) is 3.00. The normalized spacial score (nSPS) is 24.8. The van der Waals surface area contributed by atoms with Crippen molar-refractivity contribution in [2.75, 3.05) is 12.0 Å². The quantitative estimate of drug-likeness (QED) is 0.489. The van der Waals surface area contributed by atoms with Crippen LogP contribution in [0.15, 0.2) is 11.2 Å². The monoisotopic (exact) mass is 226 g/mol. The van der Waals surface area contributed by atoms with E-state index in [1.807, 2.05) is 0 Å². The van der Waals surface area contributed by atoms with Crippen LogP contribution in [0.1, 0.15) is 12.8 Å². The maximum Gasteiger partial charge on any atom is 0.305 e. The number of allylic oxidation sites excluding steroid dienone is 1. The Morgan fingerprint density at radius 2 is 2.08 bits per heavy atom. The van der Waals surface area contributed by atoms with Crippen LogP contribution in [0.25, 0.3) is 0 Å². The van der Waals surface area contributed by atoms with Crippen LogP contribution in [0.3, 0.4) is 0 Å². The van der Waals surface area contributed by atoms with Crippen molar-refractivity contribution in [3.63, 3.8) is 0 Å². The Bertz CT molecular complexity index is 414. The molecule has 1 aliphatic rings. The lowest BCUT2D eigenvalue weighted by molar-refractivity contribution is 0.447. The van der Waals surface area contributed by atoms with Crippen molar-refractivity contribution in [1.82, 2.24) is 0 Å². The summed E-state index contributed by atoms with van der Waals surface area (Å²) in [6.07, 6.45) is 2.57. The van der Waals surface area contributed by atoms with Gasteiger partial charge in [-0.05, 0) is 12.8 Å². The fourth-order valence-corrected chi connectivity index (χ4v) is 2.78. The third-order valence-corrected chi connectivity index (χ3v) is 3.96. The molecule has 0 spiro atoms. The van der Waals surface area contributed by atoms with Gasteiger partial charge in [0.25, 0.3) is 0 Å². The Labute approximate surface area is 77.4 Å². The smallest absolute Gasteiger partial charge is 0.305 e. The Balaban J connectivity index is 2.85. The van der Waals surface area contributed by atoms with E-state index in [0.717, 1.165) is 12.5 Å². The van der Waals surface area contributed by atoms with Gasteiger partial charge >= 0.3 is 10.1 Å². The molecule has 5 nitrogen and oxygen atoms in total. The number of sulfone groups is 1. The zero-order chi connectivity index (χ0) is 10.1. The molecule has 0 atom stereocenters. The Hall–Kier alpha value is -0.560. The van der Waals surface area contributed by atoms with Gasteiger partial charge in [0.05, 0.1) is 16.9 Å². The summed E-state index contributed by atoms with van der Waals surface area (Å²) in [7, 11) is -6.84. The zero-order valence-electron chi connectivity index (χ0n) is 7.06. The summed E-state index contributed by atoms with van der Waals surface area (Å²) in [5.74, 6) is 0.0754. The number of hydrogen-bond acceptors (Lipinski definition) is 5. The van der Waals surface area contributed by atoms with E-state index in [9.17, 15) is 16.8 Å². The van der Waals surface area contributed by atoms with Crippen molar-refractivity contribution in [1.29, 1.82) is 0 Å².